The molecule has 1 amide bonds. The first kappa shape index (κ1) is 21.9. The van der Waals surface area contributed by atoms with Crippen molar-refractivity contribution in [1.82, 2.24) is 30.0 Å². The summed E-state index contributed by atoms with van der Waals surface area (Å²) in [6, 6.07) is 17.0. The predicted molar refractivity (Wildman–Crippen MR) is 132 cm³/mol. The Morgan fingerprint density at radius 2 is 1.75 bits per heavy atom. The van der Waals surface area contributed by atoms with Crippen molar-refractivity contribution >= 4 is 28.3 Å². The summed E-state index contributed by atoms with van der Waals surface area (Å²) in [5, 5.41) is 10.9. The molecule has 2 unspecified atom stereocenters. The normalized spacial score (nSPS) is 17.6. The number of rotatable bonds is 5. The van der Waals surface area contributed by atoms with E-state index in [0.717, 1.165) is 27.8 Å². The molecule has 4 heterocycles. The Hall–Kier alpha value is -4.60. The number of aromatic amines is 2. The van der Waals surface area contributed by atoms with Crippen molar-refractivity contribution in [2.45, 2.75) is 12.3 Å². The number of hydrogen-bond donors (Lipinski definition) is 3. The molecule has 2 aromatic carbocycles. The van der Waals surface area contributed by atoms with E-state index in [1.54, 1.807) is 24.5 Å². The van der Waals surface area contributed by atoms with Crippen LogP contribution in [0.3, 0.4) is 0 Å². The Morgan fingerprint density at radius 1 is 0.972 bits per heavy atom. The van der Waals surface area contributed by atoms with Crippen LogP contribution in [0.2, 0.25) is 0 Å². The summed E-state index contributed by atoms with van der Waals surface area (Å²) in [6.45, 7) is -0.472. The molecule has 180 valence electrons. The smallest absolute Gasteiger partial charge is 0.270 e. The topological polar surface area (TPSA) is 103 Å². The minimum atomic E-state index is -1.64. The molecule has 10 heteroatoms. The van der Waals surface area contributed by atoms with Gasteiger partial charge in [-0.2, -0.15) is 5.10 Å². The Morgan fingerprint density at radius 3 is 2.50 bits per heavy atom. The molecule has 3 aromatic heterocycles. The van der Waals surface area contributed by atoms with Crippen LogP contribution in [0.5, 0.6) is 0 Å². The monoisotopic (exact) mass is 485 g/mol. The molecule has 5 aromatic rings. The number of anilines is 2. The number of carbonyl (C=O) groups excluding carboxylic acids is 1. The van der Waals surface area contributed by atoms with Gasteiger partial charge in [0.05, 0.1) is 19.3 Å². The summed E-state index contributed by atoms with van der Waals surface area (Å²) in [5.74, 6) is 0.727. The highest BCUT2D eigenvalue weighted by Gasteiger charge is 2.36. The van der Waals surface area contributed by atoms with Gasteiger partial charge >= 0.3 is 0 Å². The second-order valence-electron chi connectivity index (χ2n) is 8.68. The Kier molecular flexibility index (Phi) is 5.40. The molecule has 8 nitrogen and oxygen atoms in total. The average Bonchev–Trinajstić information content (AvgIpc) is 3.64. The van der Waals surface area contributed by atoms with Gasteiger partial charge in [-0.15, -0.1) is 0 Å². The number of benzene rings is 2. The second-order valence-corrected chi connectivity index (χ2v) is 8.68. The molecular weight excluding hydrogens is 464 g/mol. The van der Waals surface area contributed by atoms with E-state index < -0.39 is 18.3 Å². The van der Waals surface area contributed by atoms with Crippen LogP contribution in [0.25, 0.3) is 33.4 Å². The van der Waals surface area contributed by atoms with Crippen molar-refractivity contribution in [3.63, 3.8) is 0 Å². The number of nitrogens with one attached hydrogen (secondary N) is 3. The molecule has 1 aliphatic heterocycles. The van der Waals surface area contributed by atoms with Crippen LogP contribution in [-0.4, -0.2) is 61.4 Å². The van der Waals surface area contributed by atoms with Crippen LogP contribution >= 0.6 is 0 Å². The number of H-pyrrole nitrogens is 2. The predicted octanol–water partition coefficient (Wildman–Crippen LogP) is 4.89. The molecule has 0 spiro atoms. The van der Waals surface area contributed by atoms with Crippen molar-refractivity contribution in [2.75, 3.05) is 18.4 Å². The van der Waals surface area contributed by atoms with Crippen LogP contribution in [0.1, 0.15) is 10.5 Å². The first-order valence-electron chi connectivity index (χ1n) is 11.4. The number of fused-ring (bicyclic) bond motifs is 1. The minimum Gasteiger partial charge on any atom is -0.351 e. The molecule has 1 saturated heterocycles. The average molecular weight is 485 g/mol. The highest BCUT2D eigenvalue weighted by atomic mass is 19.2. The maximum atomic E-state index is 13.5. The van der Waals surface area contributed by atoms with Crippen LogP contribution in [0.4, 0.5) is 20.3 Å². The third kappa shape index (κ3) is 4.17. The maximum absolute atomic E-state index is 13.5. The van der Waals surface area contributed by atoms with Crippen molar-refractivity contribution < 1.29 is 13.6 Å². The van der Waals surface area contributed by atoms with E-state index in [9.17, 15) is 13.6 Å². The summed E-state index contributed by atoms with van der Waals surface area (Å²) in [7, 11) is 0. The summed E-state index contributed by atoms with van der Waals surface area (Å²) >= 11 is 0. The number of amides is 1. The van der Waals surface area contributed by atoms with E-state index in [-0.39, 0.29) is 13.1 Å². The summed E-state index contributed by atoms with van der Waals surface area (Å²) in [6.07, 6.45) is 2.00. The lowest BCUT2D eigenvalue weighted by molar-refractivity contribution is 0.0774. The molecule has 0 aliphatic carbocycles. The highest BCUT2D eigenvalue weighted by molar-refractivity contribution is 5.99. The lowest BCUT2D eigenvalue weighted by Gasteiger charge is -2.13. The molecule has 0 radical (unpaired) electrons. The number of likely N-dealkylation sites (tertiary alicyclic amines) is 1. The van der Waals surface area contributed by atoms with E-state index in [1.807, 2.05) is 48.7 Å². The van der Waals surface area contributed by atoms with Gasteiger partial charge in [-0.3, -0.25) is 9.89 Å². The number of nitrogens with zero attached hydrogens (tertiary/aromatic N) is 4. The first-order chi connectivity index (χ1) is 17.5. The van der Waals surface area contributed by atoms with E-state index in [2.05, 4.69) is 30.5 Å². The van der Waals surface area contributed by atoms with Gasteiger partial charge in [0.1, 0.15) is 11.5 Å². The van der Waals surface area contributed by atoms with E-state index in [4.69, 9.17) is 0 Å². The third-order valence-corrected chi connectivity index (χ3v) is 6.22. The SMILES string of the molecule is O=C(c1cc2ccc(-c3nccc(Nc4ccc(-c5cn[nH]c5)cc4)n3)cc2[nH]1)N1CC(F)C(F)C1. The lowest BCUT2D eigenvalue weighted by atomic mass is 10.1. The second kappa shape index (κ2) is 8.88. The van der Waals surface area contributed by atoms with Gasteiger partial charge in [-0.05, 0) is 35.9 Å². The number of carbonyl (C=O) groups is 1. The van der Waals surface area contributed by atoms with Crippen molar-refractivity contribution in [1.29, 1.82) is 0 Å². The van der Waals surface area contributed by atoms with Gasteiger partial charge < -0.3 is 15.2 Å². The number of halogens is 2. The van der Waals surface area contributed by atoms with Crippen LogP contribution in [0.15, 0.2) is 73.2 Å². The van der Waals surface area contributed by atoms with Crippen LogP contribution in [0, 0.1) is 0 Å². The third-order valence-electron chi connectivity index (χ3n) is 6.22. The van der Waals surface area contributed by atoms with Crippen molar-refractivity contribution in [2.24, 2.45) is 0 Å². The molecule has 1 aliphatic rings. The molecule has 2 atom stereocenters. The van der Waals surface area contributed by atoms with Gasteiger partial charge in [0.15, 0.2) is 18.2 Å². The fraction of sp³-hybridized carbons (Fsp3) is 0.154. The molecular formula is C26H21F2N7O. The van der Waals surface area contributed by atoms with Gasteiger partial charge in [0, 0.05) is 40.1 Å². The Labute approximate surface area is 204 Å². The fourth-order valence-corrected chi connectivity index (χ4v) is 4.31. The summed E-state index contributed by atoms with van der Waals surface area (Å²) in [5.41, 5.74) is 4.70. The minimum absolute atomic E-state index is 0.236. The quantitative estimate of drug-likeness (QED) is 0.329. The molecule has 1 fully saturated rings. The molecule has 6 rings (SSSR count). The molecule has 0 bridgehead atoms. The number of alkyl halides is 2. The maximum Gasteiger partial charge on any atom is 0.270 e. The van der Waals surface area contributed by atoms with Crippen LogP contribution < -0.4 is 5.32 Å². The Balaban J connectivity index is 1.21. The standard InChI is InChI=1S/C26H21F2N7O/c27-20-13-35(14-21(20)28)26(36)23-9-16-1-2-17(10-22(16)33-23)25-29-8-7-24(34-25)32-19-5-3-15(4-6-19)18-11-30-31-12-18/h1-12,20-21,33H,13-14H2,(H,30,31)(H,29,32,34). The first-order valence-corrected chi connectivity index (χ1v) is 11.4. The van der Waals surface area contributed by atoms with E-state index >= 15 is 0 Å². The van der Waals surface area contributed by atoms with Gasteiger partial charge in [0.25, 0.3) is 5.91 Å². The fourth-order valence-electron chi connectivity index (χ4n) is 4.31. The number of hydrogen-bond acceptors (Lipinski definition) is 5. The van der Waals surface area contributed by atoms with Gasteiger partial charge in [-0.25, -0.2) is 18.7 Å². The molecule has 3 N–H and O–H groups in total. The van der Waals surface area contributed by atoms with Crippen molar-refractivity contribution in [3.8, 4) is 22.5 Å². The summed E-state index contributed by atoms with van der Waals surface area (Å²) < 4.78 is 27.1. The van der Waals surface area contributed by atoms with Gasteiger partial charge in [-0.1, -0.05) is 24.3 Å². The van der Waals surface area contributed by atoms with E-state index in [1.165, 1.54) is 4.90 Å². The largest absolute Gasteiger partial charge is 0.351 e. The highest BCUT2D eigenvalue weighted by Crippen LogP contribution is 2.26. The zero-order valence-electron chi connectivity index (χ0n) is 19.0. The Bertz CT molecular complexity index is 1520. The van der Waals surface area contributed by atoms with Gasteiger partial charge in [0.2, 0.25) is 0 Å². The zero-order chi connectivity index (χ0) is 24.6. The van der Waals surface area contributed by atoms with E-state index in [0.29, 0.717) is 22.9 Å². The van der Waals surface area contributed by atoms with Crippen molar-refractivity contribution in [3.05, 3.63) is 78.9 Å². The molecule has 0 saturated carbocycles. The molecule has 36 heavy (non-hydrogen) atoms. The lowest BCUT2D eigenvalue weighted by Crippen LogP contribution is -2.29. The summed E-state index contributed by atoms with van der Waals surface area (Å²) in [4.78, 5) is 26.0. The number of aromatic nitrogens is 5. The van der Waals surface area contributed by atoms with Crippen LogP contribution in [-0.2, 0) is 0 Å². The zero-order valence-corrected chi connectivity index (χ0v) is 19.0.